The molecule has 1 amide bonds. The zero-order valence-electron chi connectivity index (χ0n) is 10.8. The quantitative estimate of drug-likeness (QED) is 0.829. The number of benzene rings is 1. The van der Waals surface area contributed by atoms with Crippen molar-refractivity contribution in [1.82, 2.24) is 10.3 Å². The van der Waals surface area contributed by atoms with Gasteiger partial charge in [0.05, 0.1) is 5.02 Å². The summed E-state index contributed by atoms with van der Waals surface area (Å²) in [7, 11) is 0. The molecule has 2 aromatic rings. The number of nitrogens with one attached hydrogen (secondary N) is 1. The van der Waals surface area contributed by atoms with E-state index >= 15 is 0 Å². The molecule has 20 heavy (non-hydrogen) atoms. The van der Waals surface area contributed by atoms with Crippen molar-refractivity contribution in [2.75, 3.05) is 6.54 Å². The van der Waals surface area contributed by atoms with Gasteiger partial charge in [-0.2, -0.15) is 0 Å². The van der Waals surface area contributed by atoms with E-state index in [4.69, 9.17) is 11.6 Å². The minimum Gasteiger partial charge on any atom is -0.352 e. The fraction of sp³-hybridized carbons (Fsp3) is 0.200. The zero-order valence-corrected chi connectivity index (χ0v) is 13.1. The van der Waals surface area contributed by atoms with Gasteiger partial charge in [-0.25, -0.2) is 0 Å². The van der Waals surface area contributed by atoms with E-state index in [1.807, 2.05) is 18.3 Å². The van der Waals surface area contributed by atoms with Crippen LogP contribution in [0.15, 0.2) is 47.2 Å². The average Bonchev–Trinajstić information content (AvgIpc) is 2.47. The van der Waals surface area contributed by atoms with Gasteiger partial charge in [0.1, 0.15) is 0 Å². The first-order chi connectivity index (χ1) is 9.66. The third-order valence-corrected chi connectivity index (χ3v) is 4.05. The van der Waals surface area contributed by atoms with Crippen molar-refractivity contribution in [3.05, 3.63) is 63.3 Å². The second-order valence-corrected chi connectivity index (χ2v) is 5.61. The predicted octanol–water partition coefficient (Wildman–Crippen LogP) is 3.86. The third-order valence-electron chi connectivity index (χ3n) is 2.83. The van der Waals surface area contributed by atoms with Crippen molar-refractivity contribution < 1.29 is 4.79 Å². The van der Waals surface area contributed by atoms with Crippen LogP contribution in [0.5, 0.6) is 0 Å². The molecular weight excluding hydrogens is 340 g/mol. The Morgan fingerprint density at radius 3 is 2.90 bits per heavy atom. The van der Waals surface area contributed by atoms with Crippen LogP contribution < -0.4 is 5.32 Å². The Labute approximate surface area is 131 Å². The number of halogens is 2. The summed E-state index contributed by atoms with van der Waals surface area (Å²) < 4.78 is 0.724. The molecule has 0 atom stereocenters. The molecule has 1 aromatic heterocycles. The molecule has 1 heterocycles. The highest BCUT2D eigenvalue weighted by atomic mass is 79.9. The molecule has 0 fully saturated rings. The molecule has 0 radical (unpaired) electrons. The van der Waals surface area contributed by atoms with E-state index in [1.54, 1.807) is 24.4 Å². The Hall–Kier alpha value is -1.39. The van der Waals surface area contributed by atoms with Crippen LogP contribution in [0.2, 0.25) is 5.02 Å². The lowest BCUT2D eigenvalue weighted by molar-refractivity contribution is 0.0953. The first kappa shape index (κ1) is 15.0. The van der Waals surface area contributed by atoms with E-state index in [9.17, 15) is 4.79 Å². The van der Waals surface area contributed by atoms with Crippen LogP contribution >= 0.6 is 27.5 Å². The molecule has 0 saturated carbocycles. The van der Waals surface area contributed by atoms with E-state index in [2.05, 4.69) is 26.2 Å². The highest BCUT2D eigenvalue weighted by molar-refractivity contribution is 9.10. The number of aromatic nitrogens is 1. The van der Waals surface area contributed by atoms with Gasteiger partial charge in [0.2, 0.25) is 0 Å². The smallest absolute Gasteiger partial charge is 0.251 e. The molecule has 1 aromatic carbocycles. The third kappa shape index (κ3) is 4.32. The highest BCUT2D eigenvalue weighted by Gasteiger charge is 2.07. The molecule has 0 aliphatic carbocycles. The summed E-state index contributed by atoms with van der Waals surface area (Å²) in [6.07, 6.45) is 5.38. The number of pyridine rings is 1. The molecule has 5 heteroatoms. The highest BCUT2D eigenvalue weighted by Crippen LogP contribution is 2.23. The minimum atomic E-state index is -0.0893. The lowest BCUT2D eigenvalue weighted by Gasteiger charge is -2.06. The summed E-state index contributed by atoms with van der Waals surface area (Å²) >= 11 is 9.20. The standard InChI is InChI=1S/C15H14BrClN2O/c16-13-9-12(5-6-14(13)17)15(20)19-8-2-4-11-3-1-7-18-10-11/h1,3,5-7,9-10H,2,4,8H2,(H,19,20). The van der Waals surface area contributed by atoms with Crippen LogP contribution in [-0.4, -0.2) is 17.4 Å². The molecular formula is C15H14BrClN2O. The van der Waals surface area contributed by atoms with Crippen LogP contribution in [0.4, 0.5) is 0 Å². The number of hydrogen-bond donors (Lipinski definition) is 1. The molecule has 0 saturated heterocycles. The van der Waals surface area contributed by atoms with Crippen molar-refractivity contribution in [3.63, 3.8) is 0 Å². The molecule has 0 aliphatic heterocycles. The monoisotopic (exact) mass is 352 g/mol. The molecule has 0 bridgehead atoms. The Kier molecular flexibility index (Phi) is 5.56. The normalized spacial score (nSPS) is 10.3. The summed E-state index contributed by atoms with van der Waals surface area (Å²) in [6, 6.07) is 9.09. The molecule has 1 N–H and O–H groups in total. The number of nitrogens with zero attached hydrogens (tertiary/aromatic N) is 1. The second-order valence-electron chi connectivity index (χ2n) is 4.35. The maximum absolute atomic E-state index is 11.9. The Morgan fingerprint density at radius 2 is 2.20 bits per heavy atom. The zero-order chi connectivity index (χ0) is 14.4. The first-order valence-corrected chi connectivity index (χ1v) is 7.46. The van der Waals surface area contributed by atoms with Crippen LogP contribution in [-0.2, 0) is 6.42 Å². The van der Waals surface area contributed by atoms with E-state index in [0.717, 1.165) is 17.3 Å². The van der Waals surface area contributed by atoms with Gasteiger partial charge >= 0.3 is 0 Å². The maximum Gasteiger partial charge on any atom is 0.251 e. The van der Waals surface area contributed by atoms with Crippen molar-refractivity contribution in [2.45, 2.75) is 12.8 Å². The van der Waals surface area contributed by atoms with Crippen molar-refractivity contribution >= 4 is 33.4 Å². The Morgan fingerprint density at radius 1 is 1.35 bits per heavy atom. The van der Waals surface area contributed by atoms with E-state index in [1.165, 1.54) is 5.56 Å². The second kappa shape index (κ2) is 7.41. The lowest BCUT2D eigenvalue weighted by atomic mass is 10.1. The van der Waals surface area contributed by atoms with Gasteiger partial charge in [0, 0.05) is 29.0 Å². The number of rotatable bonds is 5. The van der Waals surface area contributed by atoms with Gasteiger partial charge in [-0.3, -0.25) is 9.78 Å². The number of amides is 1. The molecule has 104 valence electrons. The van der Waals surface area contributed by atoms with Gasteiger partial charge in [-0.1, -0.05) is 17.7 Å². The van der Waals surface area contributed by atoms with Crippen molar-refractivity contribution in [2.24, 2.45) is 0 Å². The summed E-state index contributed by atoms with van der Waals surface area (Å²) in [5, 5.41) is 3.49. The molecule has 0 aliphatic rings. The van der Waals surface area contributed by atoms with Crippen molar-refractivity contribution in [1.29, 1.82) is 0 Å². The van der Waals surface area contributed by atoms with Crippen LogP contribution in [0.1, 0.15) is 22.3 Å². The number of aryl methyl sites for hydroxylation is 1. The van der Waals surface area contributed by atoms with Crippen LogP contribution in [0, 0.1) is 0 Å². The van der Waals surface area contributed by atoms with Gasteiger partial charge in [0.15, 0.2) is 0 Å². The molecule has 2 rings (SSSR count). The lowest BCUT2D eigenvalue weighted by Crippen LogP contribution is -2.24. The predicted molar refractivity (Wildman–Crippen MR) is 84.0 cm³/mol. The van der Waals surface area contributed by atoms with E-state index < -0.39 is 0 Å². The Balaban J connectivity index is 1.79. The summed E-state index contributed by atoms with van der Waals surface area (Å²) in [5.74, 6) is -0.0893. The SMILES string of the molecule is O=C(NCCCc1cccnc1)c1ccc(Cl)c(Br)c1. The number of hydrogen-bond acceptors (Lipinski definition) is 2. The van der Waals surface area contributed by atoms with Gasteiger partial charge in [-0.15, -0.1) is 0 Å². The fourth-order valence-corrected chi connectivity index (χ4v) is 2.28. The van der Waals surface area contributed by atoms with Crippen LogP contribution in [0.3, 0.4) is 0 Å². The summed E-state index contributed by atoms with van der Waals surface area (Å²) in [6.45, 7) is 0.633. The molecule has 0 unspecified atom stereocenters. The van der Waals surface area contributed by atoms with Crippen LogP contribution in [0.25, 0.3) is 0 Å². The maximum atomic E-state index is 11.9. The molecule has 0 spiro atoms. The van der Waals surface area contributed by atoms with Crippen molar-refractivity contribution in [3.8, 4) is 0 Å². The van der Waals surface area contributed by atoms with Gasteiger partial charge < -0.3 is 5.32 Å². The number of carbonyl (C=O) groups excluding carboxylic acids is 1. The average molecular weight is 354 g/mol. The topological polar surface area (TPSA) is 42.0 Å². The fourth-order valence-electron chi connectivity index (χ4n) is 1.78. The minimum absolute atomic E-state index is 0.0893. The van der Waals surface area contributed by atoms with E-state index in [-0.39, 0.29) is 5.91 Å². The van der Waals surface area contributed by atoms with Gasteiger partial charge in [-0.05, 0) is 58.6 Å². The van der Waals surface area contributed by atoms with Gasteiger partial charge in [0.25, 0.3) is 5.91 Å². The Bertz CT molecular complexity index is 590. The largest absolute Gasteiger partial charge is 0.352 e. The van der Waals surface area contributed by atoms with E-state index in [0.29, 0.717) is 17.1 Å². The number of carbonyl (C=O) groups is 1. The first-order valence-electron chi connectivity index (χ1n) is 6.29. The summed E-state index contributed by atoms with van der Waals surface area (Å²) in [4.78, 5) is 16.0. The summed E-state index contributed by atoms with van der Waals surface area (Å²) in [5.41, 5.74) is 1.78. The molecule has 3 nitrogen and oxygen atoms in total.